The quantitative estimate of drug-likeness (QED) is 0.727. The number of aryl methyl sites for hydroxylation is 2. The molecule has 0 saturated heterocycles. The lowest BCUT2D eigenvalue weighted by Crippen LogP contribution is -2.51. The number of para-hydroxylation sites is 2. The van der Waals surface area contributed by atoms with Crippen LogP contribution in [0.25, 0.3) is 0 Å². The molecular formula is C19H21N3O4. The third-order valence-corrected chi connectivity index (χ3v) is 3.95. The van der Waals surface area contributed by atoms with Crippen LogP contribution < -0.4 is 25.6 Å². The number of hydrogen-bond acceptors (Lipinski definition) is 5. The van der Waals surface area contributed by atoms with E-state index in [0.717, 1.165) is 16.8 Å². The summed E-state index contributed by atoms with van der Waals surface area (Å²) < 4.78 is 11.1. The average molecular weight is 355 g/mol. The summed E-state index contributed by atoms with van der Waals surface area (Å²) >= 11 is 0. The Morgan fingerprint density at radius 2 is 1.85 bits per heavy atom. The van der Waals surface area contributed by atoms with E-state index in [4.69, 9.17) is 9.47 Å². The van der Waals surface area contributed by atoms with Crippen LogP contribution in [0.2, 0.25) is 0 Å². The van der Waals surface area contributed by atoms with E-state index in [1.165, 1.54) is 0 Å². The predicted molar refractivity (Wildman–Crippen MR) is 97.0 cm³/mol. The highest BCUT2D eigenvalue weighted by molar-refractivity contribution is 5.86. The van der Waals surface area contributed by atoms with Gasteiger partial charge in [0.2, 0.25) is 6.10 Å². The number of hydrazine groups is 1. The van der Waals surface area contributed by atoms with Gasteiger partial charge in [-0.15, -0.1) is 0 Å². The van der Waals surface area contributed by atoms with Crippen LogP contribution in [0.5, 0.6) is 11.5 Å². The van der Waals surface area contributed by atoms with Crippen molar-refractivity contribution in [1.29, 1.82) is 0 Å². The molecule has 1 heterocycles. The Balaban J connectivity index is 1.45. The number of fused-ring (bicyclic) bond motifs is 1. The van der Waals surface area contributed by atoms with Crippen molar-refractivity contribution in [2.24, 2.45) is 0 Å². The lowest BCUT2D eigenvalue weighted by molar-refractivity contribution is -0.134. The van der Waals surface area contributed by atoms with Crippen LogP contribution in [0, 0.1) is 13.8 Å². The van der Waals surface area contributed by atoms with Crippen LogP contribution >= 0.6 is 0 Å². The Hall–Kier alpha value is -3.22. The molecule has 26 heavy (non-hydrogen) atoms. The van der Waals surface area contributed by atoms with E-state index in [1.807, 2.05) is 38.1 Å². The number of anilines is 1. The van der Waals surface area contributed by atoms with Crippen LogP contribution in [-0.4, -0.2) is 31.1 Å². The van der Waals surface area contributed by atoms with Crippen LogP contribution in [0.15, 0.2) is 42.5 Å². The Morgan fingerprint density at radius 3 is 2.62 bits per heavy atom. The number of hydrogen-bond donors (Lipinski definition) is 3. The van der Waals surface area contributed by atoms with E-state index < -0.39 is 12.0 Å². The van der Waals surface area contributed by atoms with Gasteiger partial charge in [-0.25, -0.2) is 0 Å². The fourth-order valence-electron chi connectivity index (χ4n) is 2.59. The van der Waals surface area contributed by atoms with E-state index in [1.54, 1.807) is 18.2 Å². The molecule has 3 rings (SSSR count). The first-order valence-corrected chi connectivity index (χ1v) is 8.31. The van der Waals surface area contributed by atoms with E-state index in [-0.39, 0.29) is 19.1 Å². The van der Waals surface area contributed by atoms with Crippen molar-refractivity contribution in [3.05, 3.63) is 53.6 Å². The Morgan fingerprint density at radius 1 is 1.08 bits per heavy atom. The molecule has 1 aliphatic rings. The van der Waals surface area contributed by atoms with Crippen molar-refractivity contribution in [3.63, 3.8) is 0 Å². The number of nitrogens with one attached hydrogen (secondary N) is 3. The molecule has 3 N–H and O–H groups in total. The van der Waals surface area contributed by atoms with E-state index >= 15 is 0 Å². The molecule has 0 spiro atoms. The normalized spacial score (nSPS) is 15.1. The van der Waals surface area contributed by atoms with Crippen LogP contribution in [0.1, 0.15) is 11.1 Å². The number of amides is 2. The molecule has 0 bridgehead atoms. The maximum atomic E-state index is 12.1. The molecule has 2 aromatic carbocycles. The summed E-state index contributed by atoms with van der Waals surface area (Å²) in [4.78, 5) is 24.0. The van der Waals surface area contributed by atoms with Crippen molar-refractivity contribution in [1.82, 2.24) is 10.9 Å². The molecule has 136 valence electrons. The molecule has 7 heteroatoms. The van der Waals surface area contributed by atoms with Gasteiger partial charge >= 0.3 is 0 Å². The number of ether oxygens (including phenoxy) is 2. The van der Waals surface area contributed by atoms with Gasteiger partial charge in [-0.3, -0.25) is 20.4 Å². The van der Waals surface area contributed by atoms with Crippen LogP contribution in [-0.2, 0) is 9.59 Å². The summed E-state index contributed by atoms with van der Waals surface area (Å²) in [5, 5.41) is 3.04. The highest BCUT2D eigenvalue weighted by atomic mass is 16.6. The lowest BCUT2D eigenvalue weighted by Gasteiger charge is -2.25. The molecule has 1 unspecified atom stereocenters. The number of carbonyl (C=O) groups excluding carboxylic acids is 2. The predicted octanol–water partition coefficient (Wildman–Crippen LogP) is 1.70. The molecule has 0 aliphatic carbocycles. The smallest absolute Gasteiger partial charge is 0.283 e. The first kappa shape index (κ1) is 17.6. The fourth-order valence-corrected chi connectivity index (χ4v) is 2.59. The summed E-state index contributed by atoms with van der Waals surface area (Å²) in [6.07, 6.45) is -0.822. The molecule has 0 saturated carbocycles. The molecule has 1 aliphatic heterocycles. The van der Waals surface area contributed by atoms with E-state index in [9.17, 15) is 9.59 Å². The third-order valence-electron chi connectivity index (χ3n) is 3.95. The van der Waals surface area contributed by atoms with Gasteiger partial charge in [-0.1, -0.05) is 29.8 Å². The Labute approximate surface area is 151 Å². The second-order valence-corrected chi connectivity index (χ2v) is 6.07. The van der Waals surface area contributed by atoms with Gasteiger partial charge < -0.3 is 14.8 Å². The fraction of sp³-hybridized carbons (Fsp3) is 0.263. The van der Waals surface area contributed by atoms with Crippen LogP contribution in [0.3, 0.4) is 0 Å². The van der Waals surface area contributed by atoms with Gasteiger partial charge in [-0.2, -0.15) is 0 Å². The van der Waals surface area contributed by atoms with Gasteiger partial charge in [0.25, 0.3) is 11.8 Å². The molecule has 2 aromatic rings. The number of carbonyl (C=O) groups is 2. The van der Waals surface area contributed by atoms with Gasteiger partial charge in [-0.05, 0) is 37.6 Å². The number of benzene rings is 2. The van der Waals surface area contributed by atoms with Gasteiger partial charge in [0, 0.05) is 5.69 Å². The maximum Gasteiger partial charge on any atom is 0.283 e. The number of rotatable bonds is 4. The molecule has 2 amide bonds. The van der Waals surface area contributed by atoms with Crippen molar-refractivity contribution >= 4 is 17.5 Å². The van der Waals surface area contributed by atoms with Crippen molar-refractivity contribution in [3.8, 4) is 11.5 Å². The molecule has 1 atom stereocenters. The molecule has 0 fully saturated rings. The topological polar surface area (TPSA) is 88.7 Å². The first-order chi connectivity index (χ1) is 12.5. The summed E-state index contributed by atoms with van der Waals surface area (Å²) in [5.41, 5.74) is 7.80. The van der Waals surface area contributed by atoms with E-state index in [2.05, 4.69) is 16.2 Å². The molecule has 7 nitrogen and oxygen atoms in total. The standard InChI is InChI=1S/C19H21N3O4/c1-12-7-8-14(13(2)9-12)20-10-18(23)21-22-19(24)17-11-25-15-5-3-4-6-16(15)26-17/h3-9,17,20H,10-11H2,1-2H3,(H,21,23)(H,22,24). The van der Waals surface area contributed by atoms with Gasteiger partial charge in [0.15, 0.2) is 11.5 Å². The van der Waals surface area contributed by atoms with Crippen molar-refractivity contribution in [2.75, 3.05) is 18.5 Å². The minimum Gasteiger partial charge on any atom is -0.485 e. The highest BCUT2D eigenvalue weighted by Crippen LogP contribution is 2.30. The summed E-state index contributed by atoms with van der Waals surface area (Å²) in [6, 6.07) is 13.0. The zero-order chi connectivity index (χ0) is 18.5. The van der Waals surface area contributed by atoms with Gasteiger partial charge in [0.1, 0.15) is 6.61 Å². The average Bonchev–Trinajstić information content (AvgIpc) is 2.65. The minimum absolute atomic E-state index is 0.0367. The van der Waals surface area contributed by atoms with Crippen molar-refractivity contribution in [2.45, 2.75) is 20.0 Å². The first-order valence-electron chi connectivity index (χ1n) is 8.31. The summed E-state index contributed by atoms with van der Waals surface area (Å²) in [7, 11) is 0. The zero-order valence-electron chi connectivity index (χ0n) is 14.7. The molecular weight excluding hydrogens is 334 g/mol. The molecule has 0 radical (unpaired) electrons. The van der Waals surface area contributed by atoms with Crippen LogP contribution in [0.4, 0.5) is 5.69 Å². The Kier molecular flexibility index (Phi) is 5.26. The minimum atomic E-state index is -0.822. The molecule has 0 aromatic heterocycles. The third kappa shape index (κ3) is 4.24. The second kappa shape index (κ2) is 7.77. The maximum absolute atomic E-state index is 12.1. The summed E-state index contributed by atoms with van der Waals surface area (Å²) in [6.45, 7) is 4.09. The largest absolute Gasteiger partial charge is 0.485 e. The monoisotopic (exact) mass is 355 g/mol. The SMILES string of the molecule is Cc1ccc(NCC(=O)NNC(=O)C2COc3ccccc3O2)c(C)c1. The van der Waals surface area contributed by atoms with E-state index in [0.29, 0.717) is 11.5 Å². The summed E-state index contributed by atoms with van der Waals surface area (Å²) in [5.74, 6) is 0.259. The zero-order valence-corrected chi connectivity index (χ0v) is 14.7. The lowest BCUT2D eigenvalue weighted by atomic mass is 10.1. The second-order valence-electron chi connectivity index (χ2n) is 6.07. The highest BCUT2D eigenvalue weighted by Gasteiger charge is 2.27. The Bertz CT molecular complexity index is 822. The van der Waals surface area contributed by atoms with Crippen molar-refractivity contribution < 1.29 is 19.1 Å². The van der Waals surface area contributed by atoms with Gasteiger partial charge in [0.05, 0.1) is 6.54 Å².